The SMILES string of the molecule is OC1CCC(N(C2CCCCC2)C2CCC(C3CCC(NC4CCCCC4)CC3)CC2)CC1. The van der Waals surface area contributed by atoms with Crippen molar-refractivity contribution in [3.8, 4) is 0 Å². The lowest BCUT2D eigenvalue weighted by atomic mass is 9.70. The summed E-state index contributed by atoms with van der Waals surface area (Å²) in [7, 11) is 0. The molecule has 5 saturated carbocycles. The molecule has 0 radical (unpaired) electrons. The van der Waals surface area contributed by atoms with Gasteiger partial charge in [-0.25, -0.2) is 0 Å². The first-order valence-corrected chi connectivity index (χ1v) is 15.5. The molecule has 0 unspecified atom stereocenters. The number of hydrogen-bond donors (Lipinski definition) is 2. The van der Waals surface area contributed by atoms with Gasteiger partial charge < -0.3 is 10.4 Å². The highest BCUT2D eigenvalue weighted by molar-refractivity contribution is 4.93. The molecule has 5 rings (SSSR count). The van der Waals surface area contributed by atoms with Crippen LogP contribution in [0.4, 0.5) is 0 Å². The molecule has 0 aliphatic heterocycles. The number of nitrogens with one attached hydrogen (secondary N) is 1. The monoisotopic (exact) mass is 458 g/mol. The zero-order valence-corrected chi connectivity index (χ0v) is 21.6. The van der Waals surface area contributed by atoms with Crippen LogP contribution >= 0.6 is 0 Å². The molecule has 5 aliphatic rings. The second-order valence-corrected chi connectivity index (χ2v) is 12.9. The van der Waals surface area contributed by atoms with E-state index in [1.165, 1.54) is 128 Å². The molecule has 0 bridgehead atoms. The van der Waals surface area contributed by atoms with Crippen LogP contribution < -0.4 is 5.32 Å². The van der Waals surface area contributed by atoms with E-state index in [1.54, 1.807) is 0 Å². The molecule has 33 heavy (non-hydrogen) atoms. The van der Waals surface area contributed by atoms with Gasteiger partial charge in [0.2, 0.25) is 0 Å². The minimum absolute atomic E-state index is 0.0204. The van der Waals surface area contributed by atoms with Crippen LogP contribution in [0.5, 0.6) is 0 Å². The second kappa shape index (κ2) is 12.2. The first-order valence-electron chi connectivity index (χ1n) is 15.5. The van der Waals surface area contributed by atoms with Gasteiger partial charge in [0, 0.05) is 30.2 Å². The quantitative estimate of drug-likeness (QED) is 0.451. The Kier molecular flexibility index (Phi) is 9.10. The summed E-state index contributed by atoms with van der Waals surface area (Å²) in [6.45, 7) is 0. The maximum atomic E-state index is 10.1. The molecule has 2 N–H and O–H groups in total. The Labute approximate surface area is 204 Å². The molecule has 0 aromatic carbocycles. The summed E-state index contributed by atoms with van der Waals surface area (Å²) in [5.41, 5.74) is 0. The summed E-state index contributed by atoms with van der Waals surface area (Å²) in [6.07, 6.45) is 30.8. The van der Waals surface area contributed by atoms with Crippen molar-refractivity contribution in [2.45, 2.75) is 178 Å². The van der Waals surface area contributed by atoms with Crippen LogP contribution in [-0.4, -0.2) is 46.3 Å². The van der Waals surface area contributed by atoms with Crippen LogP contribution in [0.15, 0.2) is 0 Å². The smallest absolute Gasteiger partial charge is 0.0541 e. The van der Waals surface area contributed by atoms with E-state index in [0.717, 1.165) is 54.9 Å². The van der Waals surface area contributed by atoms with Crippen LogP contribution in [0, 0.1) is 11.8 Å². The Bertz CT molecular complexity index is 546. The van der Waals surface area contributed by atoms with Crippen LogP contribution in [0.25, 0.3) is 0 Å². The predicted octanol–water partition coefficient (Wildman–Crippen LogP) is 6.96. The lowest BCUT2D eigenvalue weighted by Crippen LogP contribution is -2.53. The summed E-state index contributed by atoms with van der Waals surface area (Å²) in [5, 5.41) is 14.2. The molecule has 5 aliphatic carbocycles. The maximum absolute atomic E-state index is 10.1. The minimum Gasteiger partial charge on any atom is -0.393 e. The molecule has 3 nitrogen and oxygen atoms in total. The summed E-state index contributed by atoms with van der Waals surface area (Å²) < 4.78 is 0. The van der Waals surface area contributed by atoms with Crippen molar-refractivity contribution in [3.63, 3.8) is 0 Å². The highest BCUT2D eigenvalue weighted by Gasteiger charge is 2.38. The fourth-order valence-electron chi connectivity index (χ4n) is 8.86. The maximum Gasteiger partial charge on any atom is 0.0541 e. The molecular formula is C30H54N2O. The summed E-state index contributed by atoms with van der Waals surface area (Å²) in [4.78, 5) is 3.06. The van der Waals surface area contributed by atoms with Gasteiger partial charge in [0.15, 0.2) is 0 Å². The number of hydrogen-bond acceptors (Lipinski definition) is 3. The molecule has 0 heterocycles. The Balaban J connectivity index is 1.10. The van der Waals surface area contributed by atoms with Crippen molar-refractivity contribution < 1.29 is 5.11 Å². The molecule has 0 aromatic rings. The van der Waals surface area contributed by atoms with Gasteiger partial charge in [0.25, 0.3) is 0 Å². The van der Waals surface area contributed by atoms with Crippen molar-refractivity contribution >= 4 is 0 Å². The van der Waals surface area contributed by atoms with Crippen molar-refractivity contribution in [3.05, 3.63) is 0 Å². The van der Waals surface area contributed by atoms with Crippen molar-refractivity contribution in [2.24, 2.45) is 11.8 Å². The molecule has 0 saturated heterocycles. The third kappa shape index (κ3) is 6.56. The van der Waals surface area contributed by atoms with Crippen molar-refractivity contribution in [1.29, 1.82) is 0 Å². The Hall–Kier alpha value is -0.120. The Morgan fingerprint density at radius 1 is 0.424 bits per heavy atom. The van der Waals surface area contributed by atoms with Crippen LogP contribution in [0.1, 0.15) is 141 Å². The zero-order valence-electron chi connectivity index (χ0n) is 21.6. The fraction of sp³-hybridized carbons (Fsp3) is 1.00. The number of nitrogens with zero attached hydrogens (tertiary/aromatic N) is 1. The average Bonchev–Trinajstić information content (AvgIpc) is 2.88. The third-order valence-electron chi connectivity index (χ3n) is 10.8. The zero-order chi connectivity index (χ0) is 22.5. The normalized spacial score (nSPS) is 40.2. The van der Waals surface area contributed by atoms with Gasteiger partial charge in [-0.2, -0.15) is 0 Å². The van der Waals surface area contributed by atoms with E-state index in [1.807, 2.05) is 0 Å². The van der Waals surface area contributed by atoms with Gasteiger partial charge in [0.05, 0.1) is 6.10 Å². The number of aliphatic hydroxyl groups is 1. The Morgan fingerprint density at radius 3 is 1.42 bits per heavy atom. The Morgan fingerprint density at radius 2 is 0.848 bits per heavy atom. The highest BCUT2D eigenvalue weighted by Crippen LogP contribution is 2.42. The van der Waals surface area contributed by atoms with Crippen molar-refractivity contribution in [2.75, 3.05) is 0 Å². The standard InChI is InChI=1S/C30H54N2O/c33-30-21-19-29(20-22-30)32(27-9-5-2-6-10-27)28-17-13-24(14-18-28)23-11-15-26(16-12-23)31-25-7-3-1-4-8-25/h23-31,33H,1-22H2. The number of rotatable bonds is 6. The third-order valence-corrected chi connectivity index (χ3v) is 10.8. The second-order valence-electron chi connectivity index (χ2n) is 12.9. The van der Waals surface area contributed by atoms with Crippen molar-refractivity contribution in [1.82, 2.24) is 10.2 Å². The molecule has 0 spiro atoms. The molecule has 5 fully saturated rings. The topological polar surface area (TPSA) is 35.5 Å². The summed E-state index contributed by atoms with van der Waals surface area (Å²) in [6, 6.07) is 4.11. The van der Waals surface area contributed by atoms with Gasteiger partial charge in [-0.05, 0) is 115 Å². The lowest BCUT2D eigenvalue weighted by Gasteiger charge is -2.49. The minimum atomic E-state index is -0.0204. The largest absolute Gasteiger partial charge is 0.393 e. The van der Waals surface area contributed by atoms with Crippen LogP contribution in [0.2, 0.25) is 0 Å². The van der Waals surface area contributed by atoms with Gasteiger partial charge in [-0.1, -0.05) is 38.5 Å². The van der Waals surface area contributed by atoms with Gasteiger partial charge in [0.1, 0.15) is 0 Å². The van der Waals surface area contributed by atoms with E-state index in [2.05, 4.69) is 10.2 Å². The molecule has 0 atom stereocenters. The molecule has 0 amide bonds. The van der Waals surface area contributed by atoms with Crippen LogP contribution in [-0.2, 0) is 0 Å². The van der Waals surface area contributed by atoms with E-state index in [-0.39, 0.29) is 6.10 Å². The molecule has 0 aromatic heterocycles. The molecule has 190 valence electrons. The van der Waals surface area contributed by atoms with E-state index >= 15 is 0 Å². The molecule has 3 heteroatoms. The first-order chi connectivity index (χ1) is 16.3. The number of aliphatic hydroxyl groups excluding tert-OH is 1. The van der Waals surface area contributed by atoms with Crippen LogP contribution in [0.3, 0.4) is 0 Å². The fourth-order valence-corrected chi connectivity index (χ4v) is 8.86. The van der Waals surface area contributed by atoms with Gasteiger partial charge in [-0.3, -0.25) is 4.90 Å². The van der Waals surface area contributed by atoms with E-state index in [4.69, 9.17) is 0 Å². The predicted molar refractivity (Wildman–Crippen MR) is 138 cm³/mol. The van der Waals surface area contributed by atoms with E-state index in [9.17, 15) is 5.11 Å². The van der Waals surface area contributed by atoms with E-state index < -0.39 is 0 Å². The van der Waals surface area contributed by atoms with Gasteiger partial charge in [-0.15, -0.1) is 0 Å². The van der Waals surface area contributed by atoms with E-state index in [0.29, 0.717) is 0 Å². The molecular weight excluding hydrogens is 404 g/mol. The average molecular weight is 459 g/mol. The lowest BCUT2D eigenvalue weighted by molar-refractivity contribution is -0.00865. The first kappa shape index (κ1) is 24.6. The summed E-state index contributed by atoms with van der Waals surface area (Å²) in [5.74, 6) is 2.03. The van der Waals surface area contributed by atoms with Gasteiger partial charge >= 0.3 is 0 Å². The summed E-state index contributed by atoms with van der Waals surface area (Å²) >= 11 is 0. The highest BCUT2D eigenvalue weighted by atomic mass is 16.3.